The van der Waals surface area contributed by atoms with Crippen LogP contribution in [0.3, 0.4) is 0 Å². The summed E-state index contributed by atoms with van der Waals surface area (Å²) in [7, 11) is 3.36. The first-order chi connectivity index (χ1) is 10.6. The molecule has 118 valence electrons. The first-order valence-electron chi connectivity index (χ1n) is 6.85. The van der Waals surface area contributed by atoms with Crippen molar-refractivity contribution in [3.63, 3.8) is 0 Å². The summed E-state index contributed by atoms with van der Waals surface area (Å²) < 4.78 is 5.23. The molecule has 1 aromatic carbocycles. The maximum Gasteiger partial charge on any atom is 0.218 e. The summed E-state index contributed by atoms with van der Waals surface area (Å²) in [4.78, 5) is 4.14. The van der Waals surface area contributed by atoms with E-state index in [2.05, 4.69) is 10.3 Å². The zero-order valence-corrected chi connectivity index (χ0v) is 13.9. The molecule has 1 unspecified atom stereocenters. The molecule has 0 aliphatic rings. The van der Waals surface area contributed by atoms with E-state index in [1.54, 1.807) is 30.5 Å². The lowest BCUT2D eigenvalue weighted by atomic mass is 9.89. The number of nitrogens with one attached hydrogen (secondary N) is 1. The SMILES string of the molecule is CNCC(c1ccc(Cl)c(Cl)c1)[C@@H](O)c1cccnc1OC. The number of aliphatic hydroxyl groups excluding tert-OH is 1. The number of likely N-dealkylation sites (N-methyl/N-ethyl adjacent to an activating group) is 1. The molecule has 1 aromatic heterocycles. The molecule has 2 aromatic rings. The number of aliphatic hydroxyl groups is 1. The number of rotatable bonds is 6. The largest absolute Gasteiger partial charge is 0.481 e. The van der Waals surface area contributed by atoms with Crippen molar-refractivity contribution in [1.82, 2.24) is 10.3 Å². The molecular weight excluding hydrogens is 323 g/mol. The van der Waals surface area contributed by atoms with Gasteiger partial charge in [0, 0.05) is 24.2 Å². The van der Waals surface area contributed by atoms with E-state index in [0.717, 1.165) is 5.56 Å². The Bertz CT molecular complexity index is 637. The van der Waals surface area contributed by atoms with E-state index >= 15 is 0 Å². The minimum atomic E-state index is -0.784. The molecule has 0 saturated carbocycles. The molecule has 2 atom stereocenters. The van der Waals surface area contributed by atoms with Gasteiger partial charge in [-0.2, -0.15) is 0 Å². The van der Waals surface area contributed by atoms with Crippen molar-refractivity contribution in [3.8, 4) is 5.88 Å². The lowest BCUT2D eigenvalue weighted by Crippen LogP contribution is -2.23. The highest BCUT2D eigenvalue weighted by atomic mass is 35.5. The Morgan fingerprint density at radius 1 is 1.27 bits per heavy atom. The van der Waals surface area contributed by atoms with Crippen molar-refractivity contribution in [2.24, 2.45) is 0 Å². The summed E-state index contributed by atoms with van der Waals surface area (Å²) in [6.07, 6.45) is 0.842. The number of pyridine rings is 1. The van der Waals surface area contributed by atoms with Gasteiger partial charge in [0.1, 0.15) is 0 Å². The van der Waals surface area contributed by atoms with Crippen molar-refractivity contribution in [3.05, 3.63) is 57.7 Å². The predicted molar refractivity (Wildman–Crippen MR) is 88.9 cm³/mol. The molecule has 0 fully saturated rings. The molecule has 2 rings (SSSR count). The van der Waals surface area contributed by atoms with Crippen LogP contribution in [0.15, 0.2) is 36.5 Å². The van der Waals surface area contributed by atoms with E-state index in [4.69, 9.17) is 27.9 Å². The Labute approximate surface area is 140 Å². The number of nitrogens with zero attached hydrogens (tertiary/aromatic N) is 1. The van der Waals surface area contributed by atoms with Gasteiger partial charge in [0.2, 0.25) is 5.88 Å². The van der Waals surface area contributed by atoms with Crippen molar-refractivity contribution < 1.29 is 9.84 Å². The fraction of sp³-hybridized carbons (Fsp3) is 0.312. The van der Waals surface area contributed by atoms with Gasteiger partial charge in [-0.1, -0.05) is 29.3 Å². The second-order valence-corrected chi connectivity index (χ2v) is 5.70. The van der Waals surface area contributed by atoms with Crippen LogP contribution in [0.5, 0.6) is 5.88 Å². The first-order valence-corrected chi connectivity index (χ1v) is 7.60. The van der Waals surface area contributed by atoms with Gasteiger partial charge in [-0.05, 0) is 36.9 Å². The summed E-state index contributed by atoms with van der Waals surface area (Å²) in [5.74, 6) is 0.203. The molecule has 0 saturated heterocycles. The number of methoxy groups -OCH3 is 1. The van der Waals surface area contributed by atoms with Crippen LogP contribution in [0.1, 0.15) is 23.1 Å². The fourth-order valence-electron chi connectivity index (χ4n) is 2.39. The predicted octanol–water partition coefficient (Wildman–Crippen LogP) is 3.43. The van der Waals surface area contributed by atoms with Gasteiger partial charge >= 0.3 is 0 Å². The maximum absolute atomic E-state index is 10.8. The van der Waals surface area contributed by atoms with Gasteiger partial charge < -0.3 is 15.2 Å². The van der Waals surface area contributed by atoms with Crippen LogP contribution >= 0.6 is 23.2 Å². The highest BCUT2D eigenvalue weighted by Crippen LogP contribution is 2.36. The Kier molecular flexibility index (Phi) is 6.03. The van der Waals surface area contributed by atoms with Gasteiger partial charge in [0.05, 0.1) is 23.3 Å². The molecule has 0 bridgehead atoms. The maximum atomic E-state index is 10.8. The molecule has 4 nitrogen and oxygen atoms in total. The highest BCUT2D eigenvalue weighted by molar-refractivity contribution is 6.42. The van der Waals surface area contributed by atoms with E-state index in [9.17, 15) is 5.11 Å². The van der Waals surface area contributed by atoms with Crippen LogP contribution in [-0.2, 0) is 0 Å². The zero-order valence-electron chi connectivity index (χ0n) is 12.4. The van der Waals surface area contributed by atoms with Crippen LogP contribution in [0.25, 0.3) is 0 Å². The third-order valence-electron chi connectivity index (χ3n) is 3.49. The third kappa shape index (κ3) is 3.70. The topological polar surface area (TPSA) is 54.4 Å². The van der Waals surface area contributed by atoms with E-state index in [0.29, 0.717) is 28.0 Å². The monoisotopic (exact) mass is 340 g/mol. The molecule has 22 heavy (non-hydrogen) atoms. The quantitative estimate of drug-likeness (QED) is 0.845. The summed E-state index contributed by atoms with van der Waals surface area (Å²) in [5.41, 5.74) is 1.53. The summed E-state index contributed by atoms with van der Waals surface area (Å²) in [5, 5.41) is 14.8. The van der Waals surface area contributed by atoms with Crippen LogP contribution in [-0.4, -0.2) is 30.8 Å². The molecule has 0 amide bonds. The lowest BCUT2D eigenvalue weighted by molar-refractivity contribution is 0.140. The average molecular weight is 341 g/mol. The normalized spacial score (nSPS) is 13.7. The molecular formula is C16H18Cl2N2O2. The van der Waals surface area contributed by atoms with E-state index < -0.39 is 6.10 Å². The van der Waals surface area contributed by atoms with Gasteiger partial charge in [0.15, 0.2) is 0 Å². The fourth-order valence-corrected chi connectivity index (χ4v) is 2.70. The zero-order chi connectivity index (χ0) is 16.1. The Morgan fingerprint density at radius 3 is 2.68 bits per heavy atom. The highest BCUT2D eigenvalue weighted by Gasteiger charge is 2.25. The standard InChI is InChI=1S/C16H18Cl2N2O2/c1-19-9-12(10-5-6-13(17)14(18)8-10)15(21)11-4-3-7-20-16(11)22-2/h3-8,12,15,19,21H,9H2,1-2H3/t12?,15-/m0/s1. The van der Waals surface area contributed by atoms with E-state index in [-0.39, 0.29) is 5.92 Å². The minimum Gasteiger partial charge on any atom is -0.481 e. The number of aromatic nitrogens is 1. The smallest absolute Gasteiger partial charge is 0.218 e. The Morgan fingerprint density at radius 2 is 2.05 bits per heavy atom. The van der Waals surface area contributed by atoms with Crippen LogP contribution in [0.2, 0.25) is 10.0 Å². The van der Waals surface area contributed by atoms with E-state index in [1.807, 2.05) is 13.1 Å². The number of ether oxygens (including phenoxy) is 1. The second kappa shape index (κ2) is 7.79. The molecule has 0 aliphatic carbocycles. The van der Waals surface area contributed by atoms with Crippen LogP contribution in [0.4, 0.5) is 0 Å². The van der Waals surface area contributed by atoms with Crippen molar-refractivity contribution >= 4 is 23.2 Å². The average Bonchev–Trinajstić information content (AvgIpc) is 2.54. The molecule has 2 N–H and O–H groups in total. The molecule has 6 heteroatoms. The summed E-state index contributed by atoms with van der Waals surface area (Å²) in [6.45, 7) is 0.567. The van der Waals surface area contributed by atoms with Gasteiger partial charge in [-0.3, -0.25) is 0 Å². The Balaban J connectivity index is 2.40. The van der Waals surface area contributed by atoms with Crippen molar-refractivity contribution in [2.45, 2.75) is 12.0 Å². The van der Waals surface area contributed by atoms with Crippen molar-refractivity contribution in [2.75, 3.05) is 20.7 Å². The molecule has 1 heterocycles. The summed E-state index contributed by atoms with van der Waals surface area (Å²) >= 11 is 12.1. The Hall–Kier alpha value is -1.33. The van der Waals surface area contributed by atoms with Crippen LogP contribution < -0.4 is 10.1 Å². The first kappa shape index (κ1) is 17.0. The number of hydrogen-bond acceptors (Lipinski definition) is 4. The van der Waals surface area contributed by atoms with Gasteiger partial charge in [-0.15, -0.1) is 0 Å². The summed E-state index contributed by atoms with van der Waals surface area (Å²) in [6, 6.07) is 8.94. The van der Waals surface area contributed by atoms with Gasteiger partial charge in [-0.25, -0.2) is 4.98 Å². The minimum absolute atomic E-state index is 0.210. The second-order valence-electron chi connectivity index (χ2n) is 4.88. The molecule has 0 radical (unpaired) electrons. The van der Waals surface area contributed by atoms with E-state index in [1.165, 1.54) is 7.11 Å². The third-order valence-corrected chi connectivity index (χ3v) is 4.23. The number of hydrogen-bond donors (Lipinski definition) is 2. The van der Waals surface area contributed by atoms with Crippen LogP contribution in [0, 0.1) is 0 Å². The number of benzene rings is 1. The van der Waals surface area contributed by atoms with Crippen molar-refractivity contribution in [1.29, 1.82) is 0 Å². The molecule has 0 aliphatic heterocycles. The number of halogens is 2. The lowest BCUT2D eigenvalue weighted by Gasteiger charge is -2.24. The van der Waals surface area contributed by atoms with Gasteiger partial charge in [0.25, 0.3) is 0 Å². The molecule has 0 spiro atoms.